The SMILES string of the molecule is CCC(Sc1cccc(NC(=O)c2ccccc2F)c1)C(=O)Nc1ccc(OC)cc1. The van der Waals surface area contributed by atoms with Gasteiger partial charge in [0.1, 0.15) is 11.6 Å². The van der Waals surface area contributed by atoms with Crippen LogP contribution < -0.4 is 15.4 Å². The number of halogens is 1. The first-order valence-electron chi connectivity index (χ1n) is 9.77. The summed E-state index contributed by atoms with van der Waals surface area (Å²) in [5.41, 5.74) is 1.20. The Morgan fingerprint density at radius 3 is 2.39 bits per heavy atom. The molecule has 2 N–H and O–H groups in total. The minimum Gasteiger partial charge on any atom is -0.497 e. The fourth-order valence-corrected chi connectivity index (χ4v) is 3.89. The van der Waals surface area contributed by atoms with E-state index in [2.05, 4.69) is 10.6 Å². The third-order valence-corrected chi connectivity index (χ3v) is 5.87. The maximum Gasteiger partial charge on any atom is 0.258 e. The van der Waals surface area contributed by atoms with Crippen molar-refractivity contribution in [3.63, 3.8) is 0 Å². The lowest BCUT2D eigenvalue weighted by molar-refractivity contribution is -0.115. The van der Waals surface area contributed by atoms with E-state index in [1.54, 1.807) is 55.6 Å². The maximum atomic E-state index is 13.8. The summed E-state index contributed by atoms with van der Waals surface area (Å²) in [6, 6.07) is 20.1. The Hall–Kier alpha value is -3.32. The molecule has 0 saturated heterocycles. The molecule has 2 amide bonds. The second kappa shape index (κ2) is 10.6. The quantitative estimate of drug-likeness (QED) is 0.450. The summed E-state index contributed by atoms with van der Waals surface area (Å²) in [5, 5.41) is 5.30. The van der Waals surface area contributed by atoms with E-state index in [-0.39, 0.29) is 16.7 Å². The van der Waals surface area contributed by atoms with Gasteiger partial charge in [-0.1, -0.05) is 25.1 Å². The predicted molar refractivity (Wildman–Crippen MR) is 122 cm³/mol. The van der Waals surface area contributed by atoms with Crippen LogP contribution in [-0.2, 0) is 4.79 Å². The summed E-state index contributed by atoms with van der Waals surface area (Å²) >= 11 is 1.40. The molecule has 7 heteroatoms. The highest BCUT2D eigenvalue weighted by molar-refractivity contribution is 8.00. The Morgan fingerprint density at radius 1 is 0.968 bits per heavy atom. The summed E-state index contributed by atoms with van der Waals surface area (Å²) in [4.78, 5) is 25.9. The van der Waals surface area contributed by atoms with Crippen molar-refractivity contribution < 1.29 is 18.7 Å². The highest BCUT2D eigenvalue weighted by Gasteiger charge is 2.19. The van der Waals surface area contributed by atoms with Crippen LogP contribution in [0.5, 0.6) is 5.75 Å². The zero-order valence-electron chi connectivity index (χ0n) is 17.2. The number of carbonyl (C=O) groups excluding carboxylic acids is 2. The van der Waals surface area contributed by atoms with Gasteiger partial charge in [0.2, 0.25) is 5.91 Å². The molecule has 0 aliphatic carbocycles. The molecule has 31 heavy (non-hydrogen) atoms. The topological polar surface area (TPSA) is 67.4 Å². The first-order valence-corrected chi connectivity index (χ1v) is 10.7. The van der Waals surface area contributed by atoms with Gasteiger partial charge in [0.05, 0.1) is 17.9 Å². The van der Waals surface area contributed by atoms with E-state index >= 15 is 0 Å². The van der Waals surface area contributed by atoms with Gasteiger partial charge in [-0.2, -0.15) is 0 Å². The maximum absolute atomic E-state index is 13.8. The van der Waals surface area contributed by atoms with Gasteiger partial charge in [0.25, 0.3) is 5.91 Å². The highest BCUT2D eigenvalue weighted by atomic mass is 32.2. The molecule has 3 aromatic carbocycles. The lowest BCUT2D eigenvalue weighted by atomic mass is 10.2. The summed E-state index contributed by atoms with van der Waals surface area (Å²) in [7, 11) is 1.59. The van der Waals surface area contributed by atoms with Gasteiger partial charge in [0, 0.05) is 16.3 Å². The summed E-state index contributed by atoms with van der Waals surface area (Å²) in [5.74, 6) is -0.497. The third kappa shape index (κ3) is 6.08. The molecule has 3 aromatic rings. The van der Waals surface area contributed by atoms with E-state index < -0.39 is 11.7 Å². The third-order valence-electron chi connectivity index (χ3n) is 4.51. The van der Waals surface area contributed by atoms with Crippen molar-refractivity contribution in [1.82, 2.24) is 0 Å². The average Bonchev–Trinajstić information content (AvgIpc) is 2.78. The highest BCUT2D eigenvalue weighted by Crippen LogP contribution is 2.29. The smallest absolute Gasteiger partial charge is 0.258 e. The second-order valence-corrected chi connectivity index (χ2v) is 7.97. The lowest BCUT2D eigenvalue weighted by Gasteiger charge is -2.16. The van der Waals surface area contributed by atoms with Crippen LogP contribution in [-0.4, -0.2) is 24.2 Å². The molecule has 0 radical (unpaired) electrons. The monoisotopic (exact) mass is 438 g/mol. The van der Waals surface area contributed by atoms with Crippen LogP contribution in [0, 0.1) is 5.82 Å². The van der Waals surface area contributed by atoms with Crippen LogP contribution in [0.15, 0.2) is 77.7 Å². The number of methoxy groups -OCH3 is 1. The Bertz CT molecular complexity index is 1060. The standard InChI is InChI=1S/C24H23FN2O3S/c1-3-22(24(29)26-16-11-13-18(30-2)14-12-16)31-19-8-6-7-17(15-19)27-23(28)20-9-4-5-10-21(20)25/h4-15,22H,3H2,1-2H3,(H,26,29)(H,27,28). The number of hydrogen-bond donors (Lipinski definition) is 2. The molecule has 0 spiro atoms. The summed E-state index contributed by atoms with van der Waals surface area (Å²) < 4.78 is 19.0. The molecular formula is C24H23FN2O3S. The van der Waals surface area contributed by atoms with E-state index in [0.29, 0.717) is 23.5 Å². The van der Waals surface area contributed by atoms with Gasteiger partial charge < -0.3 is 15.4 Å². The number of hydrogen-bond acceptors (Lipinski definition) is 4. The van der Waals surface area contributed by atoms with Crippen molar-refractivity contribution in [2.24, 2.45) is 0 Å². The van der Waals surface area contributed by atoms with E-state index in [9.17, 15) is 14.0 Å². The zero-order valence-corrected chi connectivity index (χ0v) is 18.0. The average molecular weight is 439 g/mol. The number of rotatable bonds is 8. The Labute approximate surface area is 185 Å². The number of nitrogens with one attached hydrogen (secondary N) is 2. The minimum atomic E-state index is -0.577. The molecular weight excluding hydrogens is 415 g/mol. The molecule has 160 valence electrons. The molecule has 5 nitrogen and oxygen atoms in total. The molecule has 0 aromatic heterocycles. The molecule has 1 unspecified atom stereocenters. The van der Waals surface area contributed by atoms with E-state index in [1.807, 2.05) is 13.0 Å². The van der Waals surface area contributed by atoms with Gasteiger partial charge in [0.15, 0.2) is 0 Å². The largest absolute Gasteiger partial charge is 0.497 e. The summed E-state index contributed by atoms with van der Waals surface area (Å²) in [6.07, 6.45) is 0.623. The second-order valence-electron chi connectivity index (χ2n) is 6.69. The van der Waals surface area contributed by atoms with Crippen molar-refractivity contribution in [1.29, 1.82) is 0 Å². The first-order chi connectivity index (χ1) is 15.0. The van der Waals surface area contributed by atoms with E-state index in [0.717, 1.165) is 4.90 Å². The fourth-order valence-electron chi connectivity index (χ4n) is 2.87. The molecule has 0 heterocycles. The van der Waals surface area contributed by atoms with Crippen LogP contribution in [0.2, 0.25) is 0 Å². The van der Waals surface area contributed by atoms with E-state index in [4.69, 9.17) is 4.74 Å². The summed E-state index contributed by atoms with van der Waals surface area (Å²) in [6.45, 7) is 1.94. The number of anilines is 2. The molecule has 3 rings (SSSR count). The molecule has 0 fully saturated rings. The Morgan fingerprint density at radius 2 is 1.71 bits per heavy atom. The van der Waals surface area contributed by atoms with Crippen LogP contribution in [0.4, 0.5) is 15.8 Å². The van der Waals surface area contributed by atoms with E-state index in [1.165, 1.54) is 30.0 Å². The van der Waals surface area contributed by atoms with Crippen molar-refractivity contribution in [2.45, 2.75) is 23.5 Å². The zero-order chi connectivity index (χ0) is 22.2. The number of thioether (sulfide) groups is 1. The first kappa shape index (κ1) is 22.4. The lowest BCUT2D eigenvalue weighted by Crippen LogP contribution is -2.24. The van der Waals surface area contributed by atoms with Gasteiger partial charge >= 0.3 is 0 Å². The van der Waals surface area contributed by atoms with Crippen LogP contribution in [0.3, 0.4) is 0 Å². The van der Waals surface area contributed by atoms with Crippen LogP contribution in [0.25, 0.3) is 0 Å². The van der Waals surface area contributed by atoms with Crippen molar-refractivity contribution in [2.75, 3.05) is 17.7 Å². The van der Waals surface area contributed by atoms with Gasteiger partial charge in [-0.05, 0) is 61.0 Å². The Kier molecular flexibility index (Phi) is 7.67. The number of amides is 2. The van der Waals surface area contributed by atoms with Crippen molar-refractivity contribution >= 4 is 35.0 Å². The normalized spacial score (nSPS) is 11.5. The molecule has 0 aliphatic heterocycles. The Balaban J connectivity index is 1.65. The number of ether oxygens (including phenoxy) is 1. The van der Waals surface area contributed by atoms with Gasteiger partial charge in [-0.3, -0.25) is 9.59 Å². The fraction of sp³-hybridized carbons (Fsp3) is 0.167. The van der Waals surface area contributed by atoms with Crippen LogP contribution >= 0.6 is 11.8 Å². The molecule has 0 aliphatic rings. The number of carbonyl (C=O) groups is 2. The van der Waals surface area contributed by atoms with Gasteiger partial charge in [-0.15, -0.1) is 11.8 Å². The molecule has 1 atom stereocenters. The number of benzene rings is 3. The van der Waals surface area contributed by atoms with Gasteiger partial charge in [-0.25, -0.2) is 4.39 Å². The minimum absolute atomic E-state index is 0.0224. The van der Waals surface area contributed by atoms with Crippen LogP contribution in [0.1, 0.15) is 23.7 Å². The van der Waals surface area contributed by atoms with Crippen molar-refractivity contribution in [3.8, 4) is 5.75 Å². The molecule has 0 saturated carbocycles. The predicted octanol–water partition coefficient (Wildman–Crippen LogP) is 5.60. The molecule has 0 bridgehead atoms. The van der Waals surface area contributed by atoms with Crippen molar-refractivity contribution in [3.05, 3.63) is 84.2 Å².